The quantitative estimate of drug-likeness (QED) is 0.581. The molecule has 1 rings (SSSR count). The molecule has 0 unspecified atom stereocenters. The summed E-state index contributed by atoms with van der Waals surface area (Å²) in [5.41, 5.74) is 0. The molecular weight excluding hydrogens is 333 g/mol. The van der Waals surface area contributed by atoms with E-state index in [-0.39, 0.29) is 16.5 Å². The molecule has 0 aliphatic rings. The van der Waals surface area contributed by atoms with E-state index in [2.05, 4.69) is 4.72 Å². The molecular formula is C11H14Cl3NO3S. The van der Waals surface area contributed by atoms with Gasteiger partial charge >= 0.3 is 0 Å². The maximum Gasteiger partial charge on any atom is 0.242 e. The highest BCUT2D eigenvalue weighted by Crippen LogP contribution is 2.24. The Balaban J connectivity index is 2.54. The third-order valence-corrected chi connectivity index (χ3v) is 4.49. The van der Waals surface area contributed by atoms with Gasteiger partial charge in [-0.3, -0.25) is 0 Å². The zero-order valence-corrected chi connectivity index (χ0v) is 13.1. The molecule has 1 aromatic rings. The van der Waals surface area contributed by atoms with Gasteiger partial charge in [0.2, 0.25) is 10.0 Å². The Hall–Kier alpha value is -0.0400. The van der Waals surface area contributed by atoms with Crippen LogP contribution >= 0.6 is 34.8 Å². The van der Waals surface area contributed by atoms with E-state index >= 15 is 0 Å². The predicted octanol–water partition coefficient (Wildman–Crippen LogP) is 2.92. The maximum absolute atomic E-state index is 12.0. The van der Waals surface area contributed by atoms with Gasteiger partial charge in [0.05, 0.1) is 11.6 Å². The summed E-state index contributed by atoms with van der Waals surface area (Å²) in [6.45, 7) is 1.15. The van der Waals surface area contributed by atoms with Crippen molar-refractivity contribution in [3.63, 3.8) is 0 Å². The normalized spacial score (nSPS) is 11.7. The van der Waals surface area contributed by atoms with Crippen LogP contribution in [0.15, 0.2) is 23.1 Å². The SMILES string of the molecule is O=S(=O)(NCCCOCCCl)c1cc(Cl)ccc1Cl. The summed E-state index contributed by atoms with van der Waals surface area (Å²) >= 11 is 17.0. The summed E-state index contributed by atoms with van der Waals surface area (Å²) < 4.78 is 31.5. The smallest absolute Gasteiger partial charge is 0.242 e. The number of ether oxygens (including phenoxy) is 1. The summed E-state index contributed by atoms with van der Waals surface area (Å²) in [5.74, 6) is 0.420. The fourth-order valence-electron chi connectivity index (χ4n) is 1.30. The molecule has 0 bridgehead atoms. The van der Waals surface area contributed by atoms with Crippen LogP contribution in [0.2, 0.25) is 10.0 Å². The van der Waals surface area contributed by atoms with Crippen molar-refractivity contribution < 1.29 is 13.2 Å². The van der Waals surface area contributed by atoms with Crippen LogP contribution in [0.25, 0.3) is 0 Å². The molecule has 0 spiro atoms. The molecule has 108 valence electrons. The molecule has 0 atom stereocenters. The lowest BCUT2D eigenvalue weighted by Gasteiger charge is -2.08. The van der Waals surface area contributed by atoms with Crippen LogP contribution in [0.5, 0.6) is 0 Å². The van der Waals surface area contributed by atoms with Crippen molar-refractivity contribution in [2.45, 2.75) is 11.3 Å². The number of rotatable bonds is 8. The number of halogens is 3. The number of hydrogen-bond donors (Lipinski definition) is 1. The first kappa shape index (κ1) is 17.0. The Labute approximate surface area is 128 Å². The van der Waals surface area contributed by atoms with Gasteiger partial charge in [-0.05, 0) is 24.6 Å². The van der Waals surface area contributed by atoms with Crippen molar-refractivity contribution in [1.82, 2.24) is 4.72 Å². The fourth-order valence-corrected chi connectivity index (χ4v) is 3.24. The minimum Gasteiger partial charge on any atom is -0.380 e. The maximum atomic E-state index is 12.0. The molecule has 8 heteroatoms. The van der Waals surface area contributed by atoms with Crippen molar-refractivity contribution >= 4 is 44.8 Å². The molecule has 4 nitrogen and oxygen atoms in total. The van der Waals surface area contributed by atoms with Gasteiger partial charge in [0.1, 0.15) is 4.90 Å². The molecule has 0 aliphatic carbocycles. The highest BCUT2D eigenvalue weighted by atomic mass is 35.5. The standard InChI is InChI=1S/C11H14Cl3NO3S/c12-4-7-18-6-1-5-15-19(16,17)11-8-9(13)2-3-10(11)14/h2-3,8,15H,1,4-7H2. The zero-order chi connectivity index (χ0) is 14.3. The first-order valence-corrected chi connectivity index (χ1v) is 8.33. The van der Waals surface area contributed by atoms with E-state index in [9.17, 15) is 8.42 Å². The fraction of sp³-hybridized carbons (Fsp3) is 0.455. The molecule has 0 heterocycles. The third kappa shape index (κ3) is 5.85. The summed E-state index contributed by atoms with van der Waals surface area (Å²) in [4.78, 5) is -0.0247. The molecule has 0 aliphatic heterocycles. The van der Waals surface area contributed by atoms with Crippen LogP contribution < -0.4 is 4.72 Å². The van der Waals surface area contributed by atoms with Gasteiger partial charge in [0, 0.05) is 24.1 Å². The van der Waals surface area contributed by atoms with E-state index in [0.29, 0.717) is 30.5 Å². The summed E-state index contributed by atoms with van der Waals surface area (Å²) in [7, 11) is -3.65. The van der Waals surface area contributed by atoms with E-state index in [0.717, 1.165) is 0 Å². The predicted molar refractivity (Wildman–Crippen MR) is 77.8 cm³/mol. The molecule has 0 fully saturated rings. The van der Waals surface area contributed by atoms with Crippen LogP contribution in [-0.2, 0) is 14.8 Å². The lowest BCUT2D eigenvalue weighted by atomic mass is 10.4. The Bertz CT molecular complexity index is 508. The van der Waals surface area contributed by atoms with Crippen LogP contribution in [-0.4, -0.2) is 34.1 Å². The van der Waals surface area contributed by atoms with Gasteiger partial charge in [-0.2, -0.15) is 0 Å². The lowest BCUT2D eigenvalue weighted by molar-refractivity contribution is 0.147. The van der Waals surface area contributed by atoms with Gasteiger partial charge in [-0.15, -0.1) is 11.6 Å². The topological polar surface area (TPSA) is 55.4 Å². The van der Waals surface area contributed by atoms with Crippen LogP contribution in [0, 0.1) is 0 Å². The molecule has 19 heavy (non-hydrogen) atoms. The summed E-state index contributed by atoms with van der Waals surface area (Å²) in [6, 6.07) is 4.29. The largest absolute Gasteiger partial charge is 0.380 e. The number of hydrogen-bond acceptors (Lipinski definition) is 3. The van der Waals surface area contributed by atoms with Gasteiger partial charge in [0.25, 0.3) is 0 Å². The van der Waals surface area contributed by atoms with E-state index in [1.165, 1.54) is 18.2 Å². The number of benzene rings is 1. The third-order valence-electron chi connectivity index (χ3n) is 2.16. The van der Waals surface area contributed by atoms with Crippen molar-refractivity contribution in [3.05, 3.63) is 28.2 Å². The van der Waals surface area contributed by atoms with Crippen molar-refractivity contribution in [2.75, 3.05) is 25.6 Å². The molecule has 0 amide bonds. The second-order valence-corrected chi connectivity index (χ2v) is 6.58. The summed E-state index contributed by atoms with van der Waals surface area (Å²) in [6.07, 6.45) is 0.550. The van der Waals surface area contributed by atoms with Gasteiger partial charge in [0.15, 0.2) is 0 Å². The molecule has 0 saturated carbocycles. The Morgan fingerprint density at radius 3 is 2.63 bits per heavy atom. The van der Waals surface area contributed by atoms with Crippen molar-refractivity contribution in [2.24, 2.45) is 0 Å². The van der Waals surface area contributed by atoms with Crippen LogP contribution in [0.1, 0.15) is 6.42 Å². The Kier molecular flexibility index (Phi) is 7.42. The van der Waals surface area contributed by atoms with E-state index in [1.807, 2.05) is 0 Å². The van der Waals surface area contributed by atoms with Crippen LogP contribution in [0.3, 0.4) is 0 Å². The highest BCUT2D eigenvalue weighted by Gasteiger charge is 2.17. The summed E-state index contributed by atoms with van der Waals surface area (Å²) in [5, 5.41) is 0.450. The first-order valence-electron chi connectivity index (χ1n) is 5.56. The Morgan fingerprint density at radius 2 is 1.95 bits per heavy atom. The minimum atomic E-state index is -3.65. The van der Waals surface area contributed by atoms with Gasteiger partial charge in [-0.1, -0.05) is 23.2 Å². The lowest BCUT2D eigenvalue weighted by Crippen LogP contribution is -2.26. The monoisotopic (exact) mass is 345 g/mol. The van der Waals surface area contributed by atoms with Gasteiger partial charge in [-0.25, -0.2) is 13.1 Å². The highest BCUT2D eigenvalue weighted by molar-refractivity contribution is 7.89. The number of nitrogens with one attached hydrogen (secondary N) is 1. The molecule has 0 saturated heterocycles. The second-order valence-electron chi connectivity index (χ2n) is 3.63. The average molecular weight is 347 g/mol. The number of sulfonamides is 1. The molecule has 1 aromatic carbocycles. The van der Waals surface area contributed by atoms with Gasteiger partial charge < -0.3 is 4.74 Å². The van der Waals surface area contributed by atoms with Crippen molar-refractivity contribution in [1.29, 1.82) is 0 Å². The average Bonchev–Trinajstić information content (AvgIpc) is 2.36. The first-order chi connectivity index (χ1) is 8.97. The van der Waals surface area contributed by atoms with E-state index < -0.39 is 10.0 Å². The van der Waals surface area contributed by atoms with Crippen molar-refractivity contribution in [3.8, 4) is 0 Å². The molecule has 0 aromatic heterocycles. The van der Waals surface area contributed by atoms with E-state index in [1.54, 1.807) is 0 Å². The van der Waals surface area contributed by atoms with E-state index in [4.69, 9.17) is 39.5 Å². The molecule has 1 N–H and O–H groups in total. The number of alkyl halides is 1. The zero-order valence-electron chi connectivity index (χ0n) is 10.0. The molecule has 0 radical (unpaired) electrons. The second kappa shape index (κ2) is 8.29. The Morgan fingerprint density at radius 1 is 1.21 bits per heavy atom. The van der Waals surface area contributed by atoms with Crippen LogP contribution in [0.4, 0.5) is 0 Å². The minimum absolute atomic E-state index is 0.0247.